The molecular formula is C20H21ClN2O. The van der Waals surface area contributed by atoms with E-state index >= 15 is 0 Å². The first-order valence-corrected chi connectivity index (χ1v) is 8.57. The minimum atomic E-state index is -0.120. The monoisotopic (exact) mass is 340 g/mol. The molecule has 3 nitrogen and oxygen atoms in total. The van der Waals surface area contributed by atoms with E-state index < -0.39 is 0 Å². The molecule has 1 atom stereocenters. The third-order valence-electron chi connectivity index (χ3n) is 4.35. The zero-order chi connectivity index (χ0) is 16.9. The normalized spacial score (nSPS) is 15.6. The highest BCUT2D eigenvalue weighted by Gasteiger charge is 2.20. The van der Waals surface area contributed by atoms with Crippen molar-refractivity contribution in [2.24, 2.45) is 0 Å². The Labute approximate surface area is 147 Å². The Kier molecular flexibility index (Phi) is 5.21. The van der Waals surface area contributed by atoms with Crippen LogP contribution in [0.2, 0.25) is 5.02 Å². The molecule has 2 aromatic rings. The van der Waals surface area contributed by atoms with Gasteiger partial charge in [-0.15, -0.1) is 0 Å². The number of benzene rings is 2. The maximum Gasteiger partial charge on any atom is 0.318 e. The van der Waals surface area contributed by atoms with Crippen molar-refractivity contribution >= 4 is 23.2 Å². The van der Waals surface area contributed by atoms with Gasteiger partial charge in [-0.05, 0) is 36.1 Å². The van der Waals surface area contributed by atoms with Crippen molar-refractivity contribution in [2.75, 3.05) is 13.1 Å². The molecule has 0 saturated carbocycles. The zero-order valence-electron chi connectivity index (χ0n) is 13.7. The predicted molar refractivity (Wildman–Crippen MR) is 99.0 cm³/mol. The van der Waals surface area contributed by atoms with E-state index in [2.05, 4.69) is 23.5 Å². The number of hydrogen-bond acceptors (Lipinski definition) is 1. The summed E-state index contributed by atoms with van der Waals surface area (Å²) in [5.41, 5.74) is 3.48. The van der Waals surface area contributed by atoms with E-state index in [0.717, 1.165) is 18.5 Å². The molecule has 1 heterocycles. The summed E-state index contributed by atoms with van der Waals surface area (Å²) in [6.07, 6.45) is 3.01. The molecular weight excluding hydrogens is 320 g/mol. The van der Waals surface area contributed by atoms with Gasteiger partial charge in [-0.3, -0.25) is 0 Å². The number of nitrogens with one attached hydrogen (secondary N) is 1. The molecule has 3 rings (SSSR count). The van der Waals surface area contributed by atoms with Crippen molar-refractivity contribution in [1.29, 1.82) is 0 Å². The predicted octanol–water partition coefficient (Wildman–Crippen LogP) is 4.90. The van der Waals surface area contributed by atoms with Crippen LogP contribution in [0.15, 0.2) is 60.7 Å². The smallest absolute Gasteiger partial charge is 0.318 e. The van der Waals surface area contributed by atoms with E-state index in [1.54, 1.807) is 0 Å². The molecule has 0 aliphatic carbocycles. The lowest BCUT2D eigenvalue weighted by Gasteiger charge is -2.28. The molecule has 1 N–H and O–H groups in total. The lowest BCUT2D eigenvalue weighted by atomic mass is 10.00. The average Bonchev–Trinajstić information content (AvgIpc) is 2.63. The van der Waals surface area contributed by atoms with Crippen molar-refractivity contribution < 1.29 is 4.79 Å². The topological polar surface area (TPSA) is 32.3 Å². The summed E-state index contributed by atoms with van der Waals surface area (Å²) < 4.78 is 0. The van der Waals surface area contributed by atoms with Crippen molar-refractivity contribution in [3.63, 3.8) is 0 Å². The van der Waals surface area contributed by atoms with Gasteiger partial charge in [-0.1, -0.05) is 66.2 Å². The Morgan fingerprint density at radius 3 is 2.50 bits per heavy atom. The van der Waals surface area contributed by atoms with Gasteiger partial charge >= 0.3 is 6.03 Å². The summed E-state index contributed by atoms with van der Waals surface area (Å²) in [6.45, 7) is 3.31. The fourth-order valence-corrected chi connectivity index (χ4v) is 3.25. The molecule has 0 fully saturated rings. The quantitative estimate of drug-likeness (QED) is 0.846. The Bertz CT molecular complexity index is 742. The molecule has 124 valence electrons. The van der Waals surface area contributed by atoms with Gasteiger partial charge < -0.3 is 10.2 Å². The molecule has 4 heteroatoms. The highest BCUT2D eigenvalue weighted by molar-refractivity contribution is 6.31. The number of carbonyl (C=O) groups is 1. The molecule has 2 amide bonds. The minimum Gasteiger partial charge on any atom is -0.331 e. The number of halogens is 1. The summed E-state index contributed by atoms with van der Waals surface area (Å²) in [5.74, 6) is 0. The number of nitrogens with zero attached hydrogens (tertiary/aromatic N) is 1. The van der Waals surface area contributed by atoms with Crippen LogP contribution < -0.4 is 5.32 Å². The van der Waals surface area contributed by atoms with Crippen molar-refractivity contribution in [1.82, 2.24) is 10.2 Å². The van der Waals surface area contributed by atoms with Gasteiger partial charge in [0.2, 0.25) is 0 Å². The maximum atomic E-state index is 12.5. The molecule has 1 unspecified atom stereocenters. The first-order valence-electron chi connectivity index (χ1n) is 8.19. The van der Waals surface area contributed by atoms with Crippen LogP contribution in [-0.4, -0.2) is 24.0 Å². The van der Waals surface area contributed by atoms with Gasteiger partial charge in [0, 0.05) is 18.1 Å². The summed E-state index contributed by atoms with van der Waals surface area (Å²) in [5, 5.41) is 3.71. The van der Waals surface area contributed by atoms with Crippen LogP contribution in [0.4, 0.5) is 4.79 Å². The van der Waals surface area contributed by atoms with Gasteiger partial charge in [0.1, 0.15) is 0 Å². The lowest BCUT2D eigenvalue weighted by Crippen LogP contribution is -2.43. The van der Waals surface area contributed by atoms with E-state index in [4.69, 9.17) is 11.6 Å². The SMILES string of the molecule is CC(NC(=O)N1CC=C(c2ccccc2)CC1)c1ccccc1Cl. The summed E-state index contributed by atoms with van der Waals surface area (Å²) in [6, 6.07) is 17.8. The largest absolute Gasteiger partial charge is 0.331 e. The molecule has 1 aliphatic heterocycles. The number of carbonyl (C=O) groups excluding carboxylic acids is 1. The maximum absolute atomic E-state index is 12.5. The van der Waals surface area contributed by atoms with Crippen LogP contribution in [0.1, 0.15) is 30.5 Å². The van der Waals surface area contributed by atoms with Crippen LogP contribution >= 0.6 is 11.6 Å². The second kappa shape index (κ2) is 7.54. The van der Waals surface area contributed by atoms with E-state index in [0.29, 0.717) is 11.6 Å². The third kappa shape index (κ3) is 3.80. The van der Waals surface area contributed by atoms with Crippen molar-refractivity contribution in [3.8, 4) is 0 Å². The first kappa shape index (κ1) is 16.6. The Morgan fingerprint density at radius 1 is 1.12 bits per heavy atom. The standard InChI is InChI=1S/C20H21ClN2O/c1-15(18-9-5-6-10-19(18)21)22-20(24)23-13-11-17(12-14-23)16-7-3-2-4-8-16/h2-11,15H,12-14H2,1H3,(H,22,24). The van der Waals surface area contributed by atoms with E-state index in [-0.39, 0.29) is 12.1 Å². The molecule has 0 bridgehead atoms. The van der Waals surface area contributed by atoms with E-state index in [9.17, 15) is 4.79 Å². The van der Waals surface area contributed by atoms with Gasteiger partial charge in [0.05, 0.1) is 6.04 Å². The van der Waals surface area contributed by atoms with Gasteiger partial charge in [0.25, 0.3) is 0 Å². The minimum absolute atomic E-state index is 0.0502. The van der Waals surface area contributed by atoms with Gasteiger partial charge in [-0.25, -0.2) is 4.79 Å². The van der Waals surface area contributed by atoms with Crippen LogP contribution in [0, 0.1) is 0 Å². The molecule has 24 heavy (non-hydrogen) atoms. The number of urea groups is 1. The Morgan fingerprint density at radius 2 is 1.83 bits per heavy atom. The third-order valence-corrected chi connectivity index (χ3v) is 4.70. The molecule has 0 saturated heterocycles. The second-order valence-electron chi connectivity index (χ2n) is 5.98. The van der Waals surface area contributed by atoms with Crippen LogP contribution in [0.3, 0.4) is 0 Å². The Hall–Kier alpha value is -2.26. The molecule has 0 aromatic heterocycles. The van der Waals surface area contributed by atoms with Crippen LogP contribution in [0.5, 0.6) is 0 Å². The van der Waals surface area contributed by atoms with Crippen molar-refractivity contribution in [2.45, 2.75) is 19.4 Å². The zero-order valence-corrected chi connectivity index (χ0v) is 14.5. The van der Waals surface area contributed by atoms with E-state index in [1.165, 1.54) is 11.1 Å². The van der Waals surface area contributed by atoms with Crippen LogP contribution in [-0.2, 0) is 0 Å². The average molecular weight is 341 g/mol. The Balaban J connectivity index is 1.61. The van der Waals surface area contributed by atoms with Crippen molar-refractivity contribution in [3.05, 3.63) is 76.8 Å². The number of hydrogen-bond donors (Lipinski definition) is 1. The van der Waals surface area contributed by atoms with Gasteiger partial charge in [-0.2, -0.15) is 0 Å². The van der Waals surface area contributed by atoms with Crippen LogP contribution in [0.25, 0.3) is 5.57 Å². The molecule has 0 spiro atoms. The molecule has 2 aromatic carbocycles. The number of amides is 2. The van der Waals surface area contributed by atoms with Gasteiger partial charge in [0.15, 0.2) is 0 Å². The number of rotatable bonds is 3. The molecule has 0 radical (unpaired) electrons. The fraction of sp³-hybridized carbons (Fsp3) is 0.250. The highest BCUT2D eigenvalue weighted by Crippen LogP contribution is 2.24. The first-order chi connectivity index (χ1) is 11.6. The highest BCUT2D eigenvalue weighted by atomic mass is 35.5. The second-order valence-corrected chi connectivity index (χ2v) is 6.39. The fourth-order valence-electron chi connectivity index (χ4n) is 2.95. The molecule has 1 aliphatic rings. The summed E-state index contributed by atoms with van der Waals surface area (Å²) in [4.78, 5) is 14.3. The van der Waals surface area contributed by atoms with E-state index in [1.807, 2.05) is 54.3 Å². The summed E-state index contributed by atoms with van der Waals surface area (Å²) >= 11 is 6.20. The summed E-state index contributed by atoms with van der Waals surface area (Å²) in [7, 11) is 0. The lowest BCUT2D eigenvalue weighted by molar-refractivity contribution is 0.200.